The van der Waals surface area contributed by atoms with Crippen molar-refractivity contribution >= 4 is 17.1 Å². The van der Waals surface area contributed by atoms with E-state index in [0.717, 1.165) is 15.6 Å². The highest BCUT2D eigenvalue weighted by Gasteiger charge is 2.22. The Morgan fingerprint density at radius 2 is 2.33 bits per heavy atom. The molecule has 0 spiro atoms. The Kier molecular flexibility index (Phi) is 3.14. The first-order valence-electron chi connectivity index (χ1n) is 4.86. The number of ether oxygens (including phenoxy) is 2. The summed E-state index contributed by atoms with van der Waals surface area (Å²) in [4.78, 5) is 16.3. The lowest BCUT2D eigenvalue weighted by Gasteiger charge is -2.20. The van der Waals surface area contributed by atoms with E-state index in [1.54, 1.807) is 6.92 Å². The molecule has 1 saturated heterocycles. The van der Waals surface area contributed by atoms with Crippen LogP contribution < -0.4 is 0 Å². The van der Waals surface area contributed by atoms with E-state index in [0.29, 0.717) is 19.8 Å². The SMILES string of the molecule is CC(=O)c1sc(C2COCCO2)nc1C. The van der Waals surface area contributed by atoms with Gasteiger partial charge in [0.2, 0.25) is 0 Å². The molecule has 1 aromatic heterocycles. The van der Waals surface area contributed by atoms with Gasteiger partial charge in [0, 0.05) is 6.92 Å². The molecule has 0 radical (unpaired) electrons. The van der Waals surface area contributed by atoms with Crippen molar-refractivity contribution in [1.29, 1.82) is 0 Å². The van der Waals surface area contributed by atoms with Crippen molar-refractivity contribution in [3.05, 3.63) is 15.6 Å². The number of aryl methyl sites for hydroxylation is 1. The minimum atomic E-state index is -0.101. The third-order valence-corrected chi connectivity index (χ3v) is 3.57. The van der Waals surface area contributed by atoms with Crippen LogP contribution in [0.5, 0.6) is 0 Å². The van der Waals surface area contributed by atoms with Gasteiger partial charge in [0.1, 0.15) is 11.1 Å². The van der Waals surface area contributed by atoms with E-state index in [1.165, 1.54) is 11.3 Å². The summed E-state index contributed by atoms with van der Waals surface area (Å²) in [5.41, 5.74) is 0.789. The van der Waals surface area contributed by atoms with Crippen molar-refractivity contribution in [2.75, 3.05) is 19.8 Å². The highest BCUT2D eigenvalue weighted by Crippen LogP contribution is 2.27. The average molecular weight is 227 g/mol. The van der Waals surface area contributed by atoms with E-state index in [-0.39, 0.29) is 11.9 Å². The molecule has 0 bridgehead atoms. The fraction of sp³-hybridized carbons (Fsp3) is 0.600. The molecule has 0 aliphatic carbocycles. The first-order chi connectivity index (χ1) is 7.18. The Labute approximate surface area is 92.2 Å². The summed E-state index contributed by atoms with van der Waals surface area (Å²) in [5.74, 6) is 0.0629. The third kappa shape index (κ3) is 2.25. The predicted octanol–water partition coefficient (Wildman–Crippen LogP) is 1.74. The predicted molar refractivity (Wildman–Crippen MR) is 56.4 cm³/mol. The maximum atomic E-state index is 11.3. The molecule has 0 amide bonds. The molecule has 1 atom stereocenters. The van der Waals surface area contributed by atoms with Gasteiger partial charge in [-0.3, -0.25) is 4.79 Å². The maximum Gasteiger partial charge on any atom is 0.171 e. The molecule has 0 saturated carbocycles. The van der Waals surface area contributed by atoms with Gasteiger partial charge in [0.15, 0.2) is 5.78 Å². The average Bonchev–Trinajstić information content (AvgIpc) is 2.62. The van der Waals surface area contributed by atoms with E-state index in [4.69, 9.17) is 9.47 Å². The molecule has 1 fully saturated rings. The second-order valence-corrected chi connectivity index (χ2v) is 4.49. The van der Waals surface area contributed by atoms with Crippen LogP contribution in [0, 0.1) is 6.92 Å². The molecule has 2 heterocycles. The largest absolute Gasteiger partial charge is 0.376 e. The standard InChI is InChI=1S/C10H13NO3S/c1-6-9(7(2)12)15-10(11-6)8-5-13-3-4-14-8/h8H,3-5H2,1-2H3. The molecular formula is C10H13NO3S. The molecule has 1 aromatic rings. The lowest BCUT2D eigenvalue weighted by atomic mass is 10.3. The molecule has 5 heteroatoms. The van der Waals surface area contributed by atoms with Crippen LogP contribution in [0.3, 0.4) is 0 Å². The quantitative estimate of drug-likeness (QED) is 0.722. The smallest absolute Gasteiger partial charge is 0.171 e. The monoisotopic (exact) mass is 227 g/mol. The molecule has 1 aliphatic heterocycles. The lowest BCUT2D eigenvalue weighted by Crippen LogP contribution is -2.21. The Morgan fingerprint density at radius 1 is 1.53 bits per heavy atom. The van der Waals surface area contributed by atoms with Gasteiger partial charge in [-0.2, -0.15) is 0 Å². The van der Waals surface area contributed by atoms with Crippen LogP contribution in [0.4, 0.5) is 0 Å². The minimum Gasteiger partial charge on any atom is -0.376 e. The number of aromatic nitrogens is 1. The molecule has 0 N–H and O–H groups in total. The van der Waals surface area contributed by atoms with Gasteiger partial charge in [-0.05, 0) is 6.92 Å². The molecular weight excluding hydrogens is 214 g/mol. The van der Waals surface area contributed by atoms with Crippen LogP contribution in [-0.2, 0) is 9.47 Å². The van der Waals surface area contributed by atoms with Crippen LogP contribution in [0.2, 0.25) is 0 Å². The summed E-state index contributed by atoms with van der Waals surface area (Å²) in [6.07, 6.45) is -0.101. The van der Waals surface area contributed by atoms with Crippen molar-refractivity contribution < 1.29 is 14.3 Å². The van der Waals surface area contributed by atoms with Crippen LogP contribution in [0.25, 0.3) is 0 Å². The number of thiazole rings is 1. The zero-order valence-corrected chi connectivity index (χ0v) is 9.60. The molecule has 1 aliphatic rings. The number of rotatable bonds is 2. The number of Topliss-reactive ketones (excluding diaryl/α,β-unsaturated/α-hetero) is 1. The van der Waals surface area contributed by atoms with Gasteiger partial charge >= 0.3 is 0 Å². The van der Waals surface area contributed by atoms with Crippen molar-refractivity contribution in [3.8, 4) is 0 Å². The number of carbonyl (C=O) groups excluding carboxylic acids is 1. The fourth-order valence-corrected chi connectivity index (χ4v) is 2.51. The van der Waals surface area contributed by atoms with Crippen LogP contribution in [-0.4, -0.2) is 30.6 Å². The summed E-state index contributed by atoms with van der Waals surface area (Å²) < 4.78 is 10.8. The zero-order valence-electron chi connectivity index (χ0n) is 8.78. The molecule has 2 rings (SSSR count). The van der Waals surface area contributed by atoms with Gasteiger partial charge in [0.05, 0.1) is 30.4 Å². The highest BCUT2D eigenvalue weighted by molar-refractivity contribution is 7.13. The van der Waals surface area contributed by atoms with Crippen molar-refractivity contribution in [3.63, 3.8) is 0 Å². The third-order valence-electron chi connectivity index (χ3n) is 2.22. The number of hydrogen-bond donors (Lipinski definition) is 0. The van der Waals surface area contributed by atoms with Crippen LogP contribution in [0.1, 0.15) is 33.4 Å². The zero-order chi connectivity index (χ0) is 10.8. The molecule has 0 aromatic carbocycles. The van der Waals surface area contributed by atoms with Gasteiger partial charge < -0.3 is 9.47 Å². The highest BCUT2D eigenvalue weighted by atomic mass is 32.1. The topological polar surface area (TPSA) is 48.4 Å². The summed E-state index contributed by atoms with van der Waals surface area (Å²) in [7, 11) is 0. The maximum absolute atomic E-state index is 11.3. The number of carbonyl (C=O) groups is 1. The van der Waals surface area contributed by atoms with Crippen molar-refractivity contribution in [2.45, 2.75) is 20.0 Å². The lowest BCUT2D eigenvalue weighted by molar-refractivity contribution is -0.0902. The molecule has 4 nitrogen and oxygen atoms in total. The van der Waals surface area contributed by atoms with Crippen molar-refractivity contribution in [1.82, 2.24) is 4.98 Å². The van der Waals surface area contributed by atoms with E-state index in [9.17, 15) is 4.79 Å². The summed E-state index contributed by atoms with van der Waals surface area (Å²) >= 11 is 1.41. The van der Waals surface area contributed by atoms with Gasteiger partial charge in [-0.25, -0.2) is 4.98 Å². The van der Waals surface area contributed by atoms with E-state index >= 15 is 0 Å². The fourth-order valence-electron chi connectivity index (χ4n) is 1.51. The van der Waals surface area contributed by atoms with E-state index in [2.05, 4.69) is 4.98 Å². The second kappa shape index (κ2) is 4.38. The number of nitrogens with zero attached hydrogens (tertiary/aromatic N) is 1. The number of ketones is 1. The van der Waals surface area contributed by atoms with Gasteiger partial charge in [-0.15, -0.1) is 11.3 Å². The minimum absolute atomic E-state index is 0.0629. The van der Waals surface area contributed by atoms with Crippen LogP contribution >= 0.6 is 11.3 Å². The summed E-state index contributed by atoms with van der Waals surface area (Å²) in [5, 5.41) is 0.845. The normalized spacial score (nSPS) is 21.6. The van der Waals surface area contributed by atoms with E-state index in [1.807, 2.05) is 6.92 Å². The summed E-state index contributed by atoms with van der Waals surface area (Å²) in [6, 6.07) is 0. The Morgan fingerprint density at radius 3 is 2.87 bits per heavy atom. The van der Waals surface area contributed by atoms with Crippen LogP contribution in [0.15, 0.2) is 0 Å². The van der Waals surface area contributed by atoms with Gasteiger partial charge in [0.25, 0.3) is 0 Å². The summed E-state index contributed by atoms with van der Waals surface area (Å²) in [6.45, 7) is 5.17. The Balaban J connectivity index is 2.21. The Bertz CT molecular complexity index is 369. The first kappa shape index (κ1) is 10.7. The van der Waals surface area contributed by atoms with Gasteiger partial charge in [-0.1, -0.05) is 0 Å². The second-order valence-electron chi connectivity index (χ2n) is 3.46. The van der Waals surface area contributed by atoms with Crippen molar-refractivity contribution in [2.24, 2.45) is 0 Å². The first-order valence-corrected chi connectivity index (χ1v) is 5.67. The Hall–Kier alpha value is -0.780. The molecule has 82 valence electrons. The number of hydrogen-bond acceptors (Lipinski definition) is 5. The van der Waals surface area contributed by atoms with E-state index < -0.39 is 0 Å². The molecule has 1 unspecified atom stereocenters. The molecule has 15 heavy (non-hydrogen) atoms.